The molecule has 1 aromatic rings. The van der Waals surface area contributed by atoms with Gasteiger partial charge in [-0.2, -0.15) is 0 Å². The summed E-state index contributed by atoms with van der Waals surface area (Å²) in [5, 5.41) is 10.9. The molecule has 0 bridgehead atoms. The molecule has 1 heterocycles. The van der Waals surface area contributed by atoms with Gasteiger partial charge < -0.3 is 15.5 Å². The van der Waals surface area contributed by atoms with Crippen molar-refractivity contribution in [3.05, 3.63) is 33.4 Å². The fourth-order valence-electron chi connectivity index (χ4n) is 3.28. The minimum atomic E-state index is -0.668. The minimum Gasteiger partial charge on any atom is -0.393 e. The monoisotopic (exact) mass is 348 g/mol. The molecule has 1 aliphatic rings. The molecule has 25 heavy (non-hydrogen) atoms. The van der Waals surface area contributed by atoms with Crippen LogP contribution in [0.25, 0.3) is 0 Å². The van der Waals surface area contributed by atoms with Crippen molar-refractivity contribution in [2.75, 3.05) is 39.0 Å². The zero-order valence-electron chi connectivity index (χ0n) is 14.6. The Bertz CT molecular complexity index is 671. The van der Waals surface area contributed by atoms with Crippen LogP contribution >= 0.6 is 0 Å². The number of nitro benzene ring substituents is 1. The summed E-state index contributed by atoms with van der Waals surface area (Å²) in [5.41, 5.74) is 5.23. The number of aldehydes is 1. The maximum atomic E-state index is 12.7. The summed E-state index contributed by atoms with van der Waals surface area (Å²) in [4.78, 5) is 38.1. The molecule has 0 aromatic heterocycles. The summed E-state index contributed by atoms with van der Waals surface area (Å²) in [5.74, 6) is -0.0842. The molecule has 1 atom stereocenters. The molecule has 0 radical (unpaired) electrons. The quantitative estimate of drug-likeness (QED) is 0.348. The predicted octanol–water partition coefficient (Wildman–Crippen LogP) is 1.79. The molecule has 0 saturated carbocycles. The molecule has 1 saturated heterocycles. The molecule has 2 rings (SSSR count). The van der Waals surface area contributed by atoms with Gasteiger partial charge in [0.15, 0.2) is 6.29 Å². The number of carbonyl (C=O) groups excluding carboxylic acids is 2. The third-order valence-electron chi connectivity index (χ3n) is 4.45. The van der Waals surface area contributed by atoms with E-state index in [1.807, 2.05) is 0 Å². The topological polar surface area (TPSA) is 110 Å². The highest BCUT2D eigenvalue weighted by Crippen LogP contribution is 2.26. The van der Waals surface area contributed by atoms with Crippen LogP contribution < -0.4 is 5.73 Å². The van der Waals surface area contributed by atoms with Crippen LogP contribution in [0.3, 0.4) is 0 Å². The van der Waals surface area contributed by atoms with E-state index in [4.69, 9.17) is 5.73 Å². The van der Waals surface area contributed by atoms with Crippen molar-refractivity contribution in [2.45, 2.75) is 19.8 Å². The predicted molar refractivity (Wildman–Crippen MR) is 94.7 cm³/mol. The Hall–Kier alpha value is -2.48. The number of nitro groups is 1. The number of nitrogen functional groups attached to an aromatic ring is 1. The lowest BCUT2D eigenvalue weighted by atomic mass is 10.0. The van der Waals surface area contributed by atoms with Crippen molar-refractivity contribution >= 4 is 23.6 Å². The molecule has 1 amide bonds. The van der Waals surface area contributed by atoms with E-state index in [2.05, 4.69) is 11.8 Å². The Morgan fingerprint density at radius 1 is 1.44 bits per heavy atom. The minimum absolute atomic E-state index is 0.0232. The molecule has 1 aromatic carbocycles. The maximum absolute atomic E-state index is 12.7. The van der Waals surface area contributed by atoms with Crippen molar-refractivity contribution in [1.82, 2.24) is 9.80 Å². The second kappa shape index (κ2) is 8.06. The number of hydrogen-bond donors (Lipinski definition) is 1. The SMILES string of the molecule is CC(CN1CCCC1)CN(C)C(=O)c1cc(N)c([N+](=O)[O-])cc1C=O. The summed E-state index contributed by atoms with van der Waals surface area (Å²) in [6, 6.07) is 2.27. The van der Waals surface area contributed by atoms with Crippen molar-refractivity contribution in [3.63, 3.8) is 0 Å². The van der Waals surface area contributed by atoms with Gasteiger partial charge in [0.25, 0.3) is 11.6 Å². The van der Waals surface area contributed by atoms with Crippen LogP contribution in [-0.4, -0.2) is 60.1 Å². The van der Waals surface area contributed by atoms with Gasteiger partial charge in [0, 0.05) is 31.8 Å². The van der Waals surface area contributed by atoms with E-state index in [1.165, 1.54) is 23.8 Å². The molecule has 1 unspecified atom stereocenters. The lowest BCUT2D eigenvalue weighted by molar-refractivity contribution is -0.383. The highest BCUT2D eigenvalue weighted by Gasteiger charge is 2.23. The summed E-state index contributed by atoms with van der Waals surface area (Å²) in [6.07, 6.45) is 2.87. The molecule has 8 heteroatoms. The van der Waals surface area contributed by atoms with E-state index < -0.39 is 4.92 Å². The second-order valence-corrected chi connectivity index (χ2v) is 6.67. The van der Waals surface area contributed by atoms with Crippen LogP contribution in [0.2, 0.25) is 0 Å². The first-order chi connectivity index (χ1) is 11.8. The van der Waals surface area contributed by atoms with Crippen molar-refractivity contribution in [1.29, 1.82) is 0 Å². The summed E-state index contributed by atoms with van der Waals surface area (Å²) in [6.45, 7) is 5.71. The highest BCUT2D eigenvalue weighted by atomic mass is 16.6. The molecule has 8 nitrogen and oxygen atoms in total. The van der Waals surface area contributed by atoms with E-state index >= 15 is 0 Å². The number of anilines is 1. The van der Waals surface area contributed by atoms with Crippen molar-refractivity contribution in [2.24, 2.45) is 5.92 Å². The average Bonchev–Trinajstić information content (AvgIpc) is 3.06. The normalized spacial score (nSPS) is 15.8. The van der Waals surface area contributed by atoms with Gasteiger partial charge in [0.2, 0.25) is 0 Å². The lowest BCUT2D eigenvalue weighted by Gasteiger charge is -2.25. The first kappa shape index (κ1) is 18.9. The Kier molecular flexibility index (Phi) is 6.08. The number of nitrogens with two attached hydrogens (primary N) is 1. The van der Waals surface area contributed by atoms with Gasteiger partial charge in [-0.25, -0.2) is 0 Å². The first-order valence-electron chi connectivity index (χ1n) is 8.34. The molecule has 1 aliphatic heterocycles. The number of amides is 1. The summed E-state index contributed by atoms with van der Waals surface area (Å²) >= 11 is 0. The van der Waals surface area contributed by atoms with Gasteiger partial charge in [0.1, 0.15) is 5.69 Å². The van der Waals surface area contributed by atoms with Gasteiger partial charge in [0.05, 0.1) is 10.5 Å². The second-order valence-electron chi connectivity index (χ2n) is 6.67. The van der Waals surface area contributed by atoms with E-state index in [0.717, 1.165) is 25.7 Å². The van der Waals surface area contributed by atoms with E-state index in [-0.39, 0.29) is 34.3 Å². The third-order valence-corrected chi connectivity index (χ3v) is 4.45. The number of rotatable bonds is 7. The highest BCUT2D eigenvalue weighted by molar-refractivity contribution is 6.03. The zero-order chi connectivity index (χ0) is 18.6. The van der Waals surface area contributed by atoms with Gasteiger partial charge in [-0.3, -0.25) is 19.7 Å². The van der Waals surface area contributed by atoms with Crippen LogP contribution in [0.15, 0.2) is 12.1 Å². The standard InChI is InChI=1S/C17H24N4O4/c1-12(10-20-5-3-4-6-20)9-19(2)17(23)14-8-15(18)16(21(24)25)7-13(14)11-22/h7-8,11-12H,3-6,9-10,18H2,1-2H3. The molecule has 136 valence electrons. The smallest absolute Gasteiger partial charge is 0.292 e. The van der Waals surface area contributed by atoms with Crippen LogP contribution in [0.4, 0.5) is 11.4 Å². The van der Waals surface area contributed by atoms with E-state index in [9.17, 15) is 19.7 Å². The fraction of sp³-hybridized carbons (Fsp3) is 0.529. The van der Waals surface area contributed by atoms with Crippen LogP contribution in [-0.2, 0) is 0 Å². The largest absolute Gasteiger partial charge is 0.393 e. The van der Waals surface area contributed by atoms with E-state index in [0.29, 0.717) is 12.8 Å². The number of nitrogens with zero attached hydrogens (tertiary/aromatic N) is 3. The number of hydrogen-bond acceptors (Lipinski definition) is 6. The molecular weight excluding hydrogens is 324 g/mol. The van der Waals surface area contributed by atoms with Crippen molar-refractivity contribution in [3.8, 4) is 0 Å². The van der Waals surface area contributed by atoms with Crippen LogP contribution in [0, 0.1) is 16.0 Å². The van der Waals surface area contributed by atoms with E-state index in [1.54, 1.807) is 7.05 Å². The molecular formula is C17H24N4O4. The van der Waals surface area contributed by atoms with Gasteiger partial charge in [-0.05, 0) is 37.9 Å². The number of benzene rings is 1. The van der Waals surface area contributed by atoms with Crippen molar-refractivity contribution < 1.29 is 14.5 Å². The number of likely N-dealkylation sites (tertiary alicyclic amines) is 1. The average molecular weight is 348 g/mol. The molecule has 0 spiro atoms. The zero-order valence-corrected chi connectivity index (χ0v) is 14.6. The fourth-order valence-corrected chi connectivity index (χ4v) is 3.28. The van der Waals surface area contributed by atoms with Crippen LogP contribution in [0.1, 0.15) is 40.5 Å². The Morgan fingerprint density at radius 3 is 2.64 bits per heavy atom. The van der Waals surface area contributed by atoms with Crippen LogP contribution in [0.5, 0.6) is 0 Å². The maximum Gasteiger partial charge on any atom is 0.292 e. The summed E-state index contributed by atoms with van der Waals surface area (Å²) < 4.78 is 0. The van der Waals surface area contributed by atoms with Gasteiger partial charge in [-0.1, -0.05) is 6.92 Å². The third kappa shape index (κ3) is 4.54. The lowest BCUT2D eigenvalue weighted by Crippen LogP contribution is -2.36. The van der Waals surface area contributed by atoms with Gasteiger partial charge in [-0.15, -0.1) is 0 Å². The molecule has 1 fully saturated rings. The Labute approximate surface area is 146 Å². The Balaban J connectivity index is 2.11. The first-order valence-corrected chi connectivity index (χ1v) is 8.34. The number of carbonyl (C=O) groups is 2. The Morgan fingerprint density at radius 2 is 2.08 bits per heavy atom. The molecule has 2 N–H and O–H groups in total. The molecule has 0 aliphatic carbocycles. The van der Waals surface area contributed by atoms with Gasteiger partial charge >= 0.3 is 0 Å². The summed E-state index contributed by atoms with van der Waals surface area (Å²) in [7, 11) is 1.66.